The Bertz CT molecular complexity index is 1500. The normalized spacial score (nSPS) is 13.8. The van der Waals surface area contributed by atoms with E-state index in [1.165, 1.54) is 58.6 Å². The second-order valence-corrected chi connectivity index (χ2v) is 10.4. The number of aromatic nitrogens is 3. The highest BCUT2D eigenvalue weighted by Crippen LogP contribution is 2.47. The van der Waals surface area contributed by atoms with Gasteiger partial charge >= 0.3 is 5.97 Å². The summed E-state index contributed by atoms with van der Waals surface area (Å²) in [6.07, 6.45) is 7.03. The summed E-state index contributed by atoms with van der Waals surface area (Å²) in [5.41, 5.74) is 7.95. The number of likely N-dealkylation sites (tertiary alicyclic amines) is 1. The van der Waals surface area contributed by atoms with Crippen molar-refractivity contribution in [3.8, 4) is 22.6 Å². The van der Waals surface area contributed by atoms with Gasteiger partial charge in [-0.05, 0) is 51.2 Å². The van der Waals surface area contributed by atoms with E-state index < -0.39 is 5.97 Å². The van der Waals surface area contributed by atoms with Crippen molar-refractivity contribution in [2.75, 3.05) is 52.0 Å². The molecule has 3 N–H and O–H groups in total. The lowest BCUT2D eigenvalue weighted by Gasteiger charge is -2.35. The number of fused-ring (bicyclic) bond motifs is 1. The molecule has 0 bridgehead atoms. The van der Waals surface area contributed by atoms with Crippen LogP contribution in [-0.2, 0) is 0 Å². The number of nitrogens with two attached hydrogens (primary N) is 1. The van der Waals surface area contributed by atoms with E-state index in [1.807, 2.05) is 12.1 Å². The van der Waals surface area contributed by atoms with Gasteiger partial charge in [-0.15, -0.1) is 0 Å². The predicted molar refractivity (Wildman–Crippen MR) is 163 cm³/mol. The number of rotatable bonds is 6. The Labute approximate surface area is 248 Å². The van der Waals surface area contributed by atoms with Crippen molar-refractivity contribution < 1.29 is 19.4 Å². The van der Waals surface area contributed by atoms with Crippen LogP contribution in [0, 0.1) is 0 Å². The third-order valence-electron chi connectivity index (χ3n) is 7.07. The third kappa shape index (κ3) is 6.56. The number of halogens is 2. The van der Waals surface area contributed by atoms with Crippen molar-refractivity contribution in [1.82, 2.24) is 19.9 Å². The molecule has 2 aromatic carbocycles. The predicted octanol–water partition coefficient (Wildman–Crippen LogP) is 5.51. The molecule has 0 aliphatic carbocycles. The molecule has 5 rings (SSSR count). The Morgan fingerprint density at radius 2 is 1.61 bits per heavy atom. The van der Waals surface area contributed by atoms with Crippen LogP contribution < -0.4 is 20.1 Å². The van der Waals surface area contributed by atoms with Crippen LogP contribution in [0.25, 0.3) is 22.2 Å². The Balaban J connectivity index is 0.000000208. The molecular weight excluding hydrogens is 567 g/mol. The molecule has 1 saturated heterocycles. The Hall–Kier alpha value is -3.86. The highest BCUT2D eigenvalue weighted by atomic mass is 35.5. The maximum atomic E-state index is 11.4. The SMILES string of the molecule is CN1CCC(N(C)c2ccc(N)cn2)CC1.COc1cc(OC)c(Cl)c(-c2ccc(C(=O)O)c3nccnc23)c1Cl. The van der Waals surface area contributed by atoms with Crippen molar-refractivity contribution in [3.63, 3.8) is 0 Å². The molecule has 2 aromatic heterocycles. The van der Waals surface area contributed by atoms with Gasteiger partial charge in [0, 0.05) is 42.7 Å². The smallest absolute Gasteiger partial charge is 0.337 e. The molecule has 1 aliphatic rings. The van der Waals surface area contributed by atoms with Crippen molar-refractivity contribution in [2.45, 2.75) is 18.9 Å². The number of hydrogen-bond donors (Lipinski definition) is 2. The van der Waals surface area contributed by atoms with Crippen LogP contribution in [0.2, 0.25) is 10.0 Å². The van der Waals surface area contributed by atoms with Gasteiger partial charge < -0.3 is 30.1 Å². The number of anilines is 2. The van der Waals surface area contributed by atoms with Gasteiger partial charge in [-0.2, -0.15) is 0 Å². The van der Waals surface area contributed by atoms with Crippen LogP contribution >= 0.6 is 23.2 Å². The summed E-state index contributed by atoms with van der Waals surface area (Å²) >= 11 is 12.9. The van der Waals surface area contributed by atoms with Crippen LogP contribution in [0.5, 0.6) is 11.5 Å². The van der Waals surface area contributed by atoms with Gasteiger partial charge in [0.25, 0.3) is 0 Å². The van der Waals surface area contributed by atoms with Crippen LogP contribution in [0.3, 0.4) is 0 Å². The molecule has 3 heterocycles. The van der Waals surface area contributed by atoms with Gasteiger partial charge in [-0.1, -0.05) is 29.3 Å². The zero-order chi connectivity index (χ0) is 29.7. The Kier molecular flexibility index (Phi) is 9.69. The van der Waals surface area contributed by atoms with E-state index in [9.17, 15) is 9.90 Å². The number of ether oxygens (including phenoxy) is 2. The number of aromatic carboxylic acids is 1. The summed E-state index contributed by atoms with van der Waals surface area (Å²) < 4.78 is 10.6. The summed E-state index contributed by atoms with van der Waals surface area (Å²) in [5.74, 6) is 0.663. The summed E-state index contributed by atoms with van der Waals surface area (Å²) in [7, 11) is 7.25. The number of carboxylic acid groups (broad SMARTS) is 1. The molecule has 216 valence electrons. The fourth-order valence-electron chi connectivity index (χ4n) is 4.73. The largest absolute Gasteiger partial charge is 0.495 e. The molecule has 12 heteroatoms. The molecule has 10 nitrogen and oxygen atoms in total. The van der Waals surface area contributed by atoms with Gasteiger partial charge in [0.2, 0.25) is 0 Å². The lowest BCUT2D eigenvalue weighted by atomic mass is 10.00. The maximum absolute atomic E-state index is 11.4. The topological polar surface area (TPSA) is 127 Å². The van der Waals surface area contributed by atoms with E-state index >= 15 is 0 Å². The van der Waals surface area contributed by atoms with Crippen molar-refractivity contribution >= 4 is 51.7 Å². The van der Waals surface area contributed by atoms with Gasteiger partial charge in [-0.25, -0.2) is 9.78 Å². The summed E-state index contributed by atoms with van der Waals surface area (Å²) in [6, 6.07) is 9.11. The number of methoxy groups -OCH3 is 2. The molecule has 0 unspecified atom stereocenters. The van der Waals surface area contributed by atoms with E-state index in [0.717, 1.165) is 11.5 Å². The first-order valence-electron chi connectivity index (χ1n) is 12.9. The summed E-state index contributed by atoms with van der Waals surface area (Å²) in [5, 5.41) is 9.89. The Morgan fingerprint density at radius 3 is 2.15 bits per heavy atom. The van der Waals surface area contributed by atoms with Crippen molar-refractivity contribution in [1.29, 1.82) is 0 Å². The van der Waals surface area contributed by atoms with E-state index in [-0.39, 0.29) is 21.1 Å². The van der Waals surface area contributed by atoms with Crippen LogP contribution in [0.15, 0.2) is 48.9 Å². The number of carboxylic acids is 1. The number of nitrogens with zero attached hydrogens (tertiary/aromatic N) is 5. The number of carbonyl (C=O) groups is 1. The minimum atomic E-state index is -1.10. The maximum Gasteiger partial charge on any atom is 0.337 e. The highest BCUT2D eigenvalue weighted by molar-refractivity contribution is 6.41. The van der Waals surface area contributed by atoms with Gasteiger partial charge in [-0.3, -0.25) is 9.97 Å². The molecule has 0 amide bonds. The van der Waals surface area contributed by atoms with Crippen molar-refractivity contribution in [3.05, 3.63) is 64.5 Å². The summed E-state index contributed by atoms with van der Waals surface area (Å²) in [4.78, 5) is 28.9. The van der Waals surface area contributed by atoms with Crippen molar-refractivity contribution in [2.24, 2.45) is 0 Å². The molecule has 41 heavy (non-hydrogen) atoms. The second kappa shape index (κ2) is 13.2. The van der Waals surface area contributed by atoms with Gasteiger partial charge in [0.05, 0.1) is 47.2 Å². The van der Waals surface area contributed by atoms with Gasteiger partial charge in [0.1, 0.15) is 22.8 Å². The van der Waals surface area contributed by atoms with E-state index in [4.69, 9.17) is 38.4 Å². The third-order valence-corrected chi connectivity index (χ3v) is 7.82. The zero-order valence-corrected chi connectivity index (χ0v) is 24.8. The number of pyridine rings is 1. The first-order chi connectivity index (χ1) is 19.7. The lowest BCUT2D eigenvalue weighted by molar-refractivity contribution is 0.0699. The minimum absolute atomic E-state index is 0.0361. The molecular formula is C29H32Cl2N6O4. The molecule has 1 fully saturated rings. The Morgan fingerprint density at radius 1 is 1.00 bits per heavy atom. The number of hydrogen-bond acceptors (Lipinski definition) is 9. The fourth-order valence-corrected chi connectivity index (χ4v) is 5.43. The highest BCUT2D eigenvalue weighted by Gasteiger charge is 2.23. The molecule has 0 spiro atoms. The fraction of sp³-hybridized carbons (Fsp3) is 0.310. The molecule has 0 saturated carbocycles. The molecule has 4 aromatic rings. The summed E-state index contributed by atoms with van der Waals surface area (Å²) in [6.45, 7) is 2.34. The first-order valence-corrected chi connectivity index (χ1v) is 13.6. The molecule has 0 atom stereocenters. The number of piperidine rings is 1. The van der Waals surface area contributed by atoms with Crippen LogP contribution in [0.4, 0.5) is 11.5 Å². The zero-order valence-electron chi connectivity index (χ0n) is 23.3. The molecule has 1 aliphatic heterocycles. The van der Waals surface area contributed by atoms with E-state index in [2.05, 4.69) is 38.8 Å². The molecule has 0 radical (unpaired) electrons. The van der Waals surface area contributed by atoms with Crippen LogP contribution in [-0.4, -0.2) is 78.4 Å². The second-order valence-electron chi connectivity index (χ2n) is 9.60. The lowest BCUT2D eigenvalue weighted by Crippen LogP contribution is -2.42. The van der Waals surface area contributed by atoms with Gasteiger partial charge in [0.15, 0.2) is 0 Å². The van der Waals surface area contributed by atoms with Crippen LogP contribution in [0.1, 0.15) is 23.2 Å². The average molecular weight is 600 g/mol. The number of nitrogen functional groups attached to an aromatic ring is 1. The first kappa shape index (κ1) is 30.1. The van der Waals surface area contributed by atoms with E-state index in [0.29, 0.717) is 34.2 Å². The minimum Gasteiger partial charge on any atom is -0.495 e. The monoisotopic (exact) mass is 598 g/mol. The standard InChI is InChI=1S/C17H12Cl2N2O4.C12H20N4/c1-24-10-7-11(25-2)14(19)12(13(10)18)8-3-4-9(17(22)23)16-15(8)20-5-6-21-16;1-15-7-5-11(6-8-15)16(2)12-4-3-10(13)9-14-12/h3-7H,1-2H3,(H,22,23);3-4,9,11H,5-8,13H2,1-2H3. The average Bonchev–Trinajstić information content (AvgIpc) is 2.98. The number of benzene rings is 2. The quantitative estimate of drug-likeness (QED) is 0.293. The van der Waals surface area contributed by atoms with E-state index in [1.54, 1.807) is 18.3 Å².